The zero-order chi connectivity index (χ0) is 18.2. The largest absolute Gasteiger partial charge is 0.481 e. The highest BCUT2D eigenvalue weighted by Crippen LogP contribution is 2.02. The molecule has 0 aliphatic heterocycles. The molecule has 0 bridgehead atoms. The van der Waals surface area contributed by atoms with Crippen LogP contribution < -0.4 is 16.0 Å². The normalized spacial score (nSPS) is 14.3. The van der Waals surface area contributed by atoms with Gasteiger partial charge in [0, 0.05) is 6.92 Å². The van der Waals surface area contributed by atoms with Gasteiger partial charge in [-0.25, -0.2) is 0 Å². The maximum Gasteiger partial charge on any atom is 0.305 e. The Morgan fingerprint density at radius 2 is 1.57 bits per heavy atom. The third-order valence-corrected chi connectivity index (χ3v) is 2.95. The molecule has 0 unspecified atom stereocenters. The van der Waals surface area contributed by atoms with E-state index in [0.717, 1.165) is 0 Å². The van der Waals surface area contributed by atoms with E-state index in [-0.39, 0.29) is 11.8 Å². The van der Waals surface area contributed by atoms with Gasteiger partial charge in [-0.05, 0) is 12.8 Å². The van der Waals surface area contributed by atoms with E-state index in [0.29, 0.717) is 6.29 Å². The first kappa shape index (κ1) is 20.6. The summed E-state index contributed by atoms with van der Waals surface area (Å²) in [6.07, 6.45) is -0.231. The highest BCUT2D eigenvalue weighted by molar-refractivity contribution is 5.92. The van der Waals surface area contributed by atoms with Gasteiger partial charge in [-0.2, -0.15) is 0 Å². The fourth-order valence-corrected chi connectivity index (χ4v) is 1.75. The van der Waals surface area contributed by atoms with Crippen LogP contribution in [-0.4, -0.2) is 53.2 Å². The fourth-order valence-electron chi connectivity index (χ4n) is 1.75. The first-order chi connectivity index (χ1) is 10.6. The number of carboxylic acid groups (broad SMARTS) is 1. The van der Waals surface area contributed by atoms with E-state index in [1.165, 1.54) is 13.8 Å². The fraction of sp³-hybridized carbons (Fsp3) is 0.643. The van der Waals surface area contributed by atoms with Gasteiger partial charge in [-0.3, -0.25) is 19.2 Å². The summed E-state index contributed by atoms with van der Waals surface area (Å²) in [5.74, 6) is -3.03. The molecule has 4 N–H and O–H groups in total. The number of carbonyl (C=O) groups is 5. The van der Waals surface area contributed by atoms with E-state index in [1.54, 1.807) is 13.8 Å². The zero-order valence-electron chi connectivity index (χ0n) is 13.6. The van der Waals surface area contributed by atoms with Gasteiger partial charge in [-0.15, -0.1) is 0 Å². The van der Waals surface area contributed by atoms with Gasteiger partial charge >= 0.3 is 5.97 Å². The van der Waals surface area contributed by atoms with Gasteiger partial charge in [0.2, 0.25) is 17.7 Å². The van der Waals surface area contributed by atoms with Crippen molar-refractivity contribution in [3.63, 3.8) is 0 Å². The molecule has 0 aromatic heterocycles. The smallest absolute Gasteiger partial charge is 0.305 e. The number of amides is 3. The molecular formula is C14H23N3O6. The average Bonchev–Trinajstić information content (AvgIpc) is 2.42. The number of carboxylic acids is 1. The van der Waals surface area contributed by atoms with Gasteiger partial charge in [0.25, 0.3) is 0 Å². The molecule has 3 amide bonds. The number of rotatable bonds is 9. The number of aldehydes is 1. The lowest BCUT2D eigenvalue weighted by molar-refractivity contribution is -0.139. The maximum atomic E-state index is 12.1. The quantitative estimate of drug-likeness (QED) is 0.392. The van der Waals surface area contributed by atoms with Crippen molar-refractivity contribution >= 4 is 30.0 Å². The summed E-state index contributed by atoms with van der Waals surface area (Å²) >= 11 is 0. The molecule has 0 saturated carbocycles. The monoisotopic (exact) mass is 329 g/mol. The summed E-state index contributed by atoms with van der Waals surface area (Å²) in [6, 6.07) is -2.96. The van der Waals surface area contributed by atoms with Crippen molar-refractivity contribution in [2.45, 2.75) is 52.2 Å². The van der Waals surface area contributed by atoms with Crippen LogP contribution in [0.1, 0.15) is 34.1 Å². The molecule has 9 heteroatoms. The molecule has 0 aliphatic rings. The summed E-state index contributed by atoms with van der Waals surface area (Å²) < 4.78 is 0. The third-order valence-electron chi connectivity index (χ3n) is 2.95. The molecule has 0 radical (unpaired) electrons. The van der Waals surface area contributed by atoms with Gasteiger partial charge < -0.3 is 25.9 Å². The first-order valence-corrected chi connectivity index (χ1v) is 7.13. The standard InChI is InChI=1S/C14H23N3O6/c1-7(2)12(16-9(4)19)14(23)15-8(3)13(22)17-10(6-18)5-11(20)21/h6-8,10,12H,5H2,1-4H3,(H,15,23)(H,16,19)(H,17,22)(H,20,21)/t8-,10-,12-/m1/s1. The minimum absolute atomic E-state index is 0.191. The van der Waals surface area contributed by atoms with Crippen LogP contribution in [0.2, 0.25) is 0 Å². The Morgan fingerprint density at radius 1 is 1.00 bits per heavy atom. The second-order valence-electron chi connectivity index (χ2n) is 5.50. The lowest BCUT2D eigenvalue weighted by Gasteiger charge is -2.23. The Bertz CT molecular complexity index is 477. The summed E-state index contributed by atoms with van der Waals surface area (Å²) in [6.45, 7) is 6.14. The zero-order valence-corrected chi connectivity index (χ0v) is 13.6. The van der Waals surface area contributed by atoms with Crippen LogP contribution in [0.15, 0.2) is 0 Å². The molecular weight excluding hydrogens is 306 g/mol. The lowest BCUT2D eigenvalue weighted by atomic mass is 10.0. The van der Waals surface area contributed by atoms with Crippen molar-refractivity contribution in [3.8, 4) is 0 Å². The van der Waals surface area contributed by atoms with Crippen molar-refractivity contribution in [1.29, 1.82) is 0 Å². The molecule has 0 fully saturated rings. The average molecular weight is 329 g/mol. The maximum absolute atomic E-state index is 12.1. The van der Waals surface area contributed by atoms with E-state index in [2.05, 4.69) is 16.0 Å². The van der Waals surface area contributed by atoms with E-state index in [1.807, 2.05) is 0 Å². The molecule has 0 rings (SSSR count). The summed E-state index contributed by atoms with van der Waals surface area (Å²) in [4.78, 5) is 56.4. The van der Waals surface area contributed by atoms with Crippen LogP contribution in [0.3, 0.4) is 0 Å². The van der Waals surface area contributed by atoms with Crippen molar-refractivity contribution in [2.24, 2.45) is 5.92 Å². The van der Waals surface area contributed by atoms with E-state index in [9.17, 15) is 24.0 Å². The van der Waals surface area contributed by atoms with Crippen LogP contribution in [0, 0.1) is 5.92 Å². The van der Waals surface area contributed by atoms with Crippen molar-refractivity contribution in [2.75, 3.05) is 0 Å². The number of carbonyl (C=O) groups excluding carboxylic acids is 4. The topological polar surface area (TPSA) is 142 Å². The number of hydrogen-bond donors (Lipinski definition) is 4. The highest BCUT2D eigenvalue weighted by Gasteiger charge is 2.27. The van der Waals surface area contributed by atoms with Crippen LogP contribution in [0.5, 0.6) is 0 Å². The van der Waals surface area contributed by atoms with Crippen LogP contribution in [-0.2, 0) is 24.0 Å². The van der Waals surface area contributed by atoms with Gasteiger partial charge in [0.05, 0.1) is 12.5 Å². The molecule has 0 aromatic carbocycles. The van der Waals surface area contributed by atoms with Crippen molar-refractivity contribution in [3.05, 3.63) is 0 Å². The van der Waals surface area contributed by atoms with Crippen LogP contribution in [0.4, 0.5) is 0 Å². The van der Waals surface area contributed by atoms with Crippen molar-refractivity contribution in [1.82, 2.24) is 16.0 Å². The highest BCUT2D eigenvalue weighted by atomic mass is 16.4. The van der Waals surface area contributed by atoms with E-state index >= 15 is 0 Å². The van der Waals surface area contributed by atoms with E-state index < -0.39 is 42.3 Å². The molecule has 130 valence electrons. The molecule has 0 aliphatic carbocycles. The molecule has 9 nitrogen and oxygen atoms in total. The van der Waals surface area contributed by atoms with Gasteiger partial charge in [-0.1, -0.05) is 13.8 Å². The lowest BCUT2D eigenvalue weighted by Crippen LogP contribution is -2.55. The Labute approximate surface area is 134 Å². The first-order valence-electron chi connectivity index (χ1n) is 7.13. The summed E-state index contributed by atoms with van der Waals surface area (Å²) in [7, 11) is 0. The Hall–Kier alpha value is -2.45. The number of aliphatic carboxylic acids is 1. The Morgan fingerprint density at radius 3 is 1.96 bits per heavy atom. The molecule has 0 aromatic rings. The SMILES string of the molecule is CC(=O)N[C@@H](C(=O)N[C@H](C)C(=O)N[C@@H](C=O)CC(=O)O)C(C)C. The Balaban J connectivity index is 4.70. The van der Waals surface area contributed by atoms with Crippen LogP contribution in [0.25, 0.3) is 0 Å². The van der Waals surface area contributed by atoms with Crippen LogP contribution >= 0.6 is 0 Å². The third kappa shape index (κ3) is 7.93. The molecule has 0 spiro atoms. The van der Waals surface area contributed by atoms with E-state index in [4.69, 9.17) is 5.11 Å². The van der Waals surface area contributed by atoms with Crippen molar-refractivity contribution < 1.29 is 29.1 Å². The van der Waals surface area contributed by atoms with Gasteiger partial charge in [0.15, 0.2) is 0 Å². The van der Waals surface area contributed by atoms with Gasteiger partial charge in [0.1, 0.15) is 18.4 Å². The minimum Gasteiger partial charge on any atom is -0.481 e. The predicted octanol–water partition coefficient (Wildman–Crippen LogP) is -1.19. The second kappa shape index (κ2) is 9.54. The predicted molar refractivity (Wildman–Crippen MR) is 80.3 cm³/mol. The summed E-state index contributed by atoms with van der Waals surface area (Å²) in [5, 5.41) is 15.7. The molecule has 0 saturated heterocycles. The molecule has 23 heavy (non-hydrogen) atoms. The molecule has 3 atom stereocenters. The Kier molecular flexibility index (Phi) is 8.53. The summed E-state index contributed by atoms with van der Waals surface area (Å²) in [5.41, 5.74) is 0. The second-order valence-corrected chi connectivity index (χ2v) is 5.50. The minimum atomic E-state index is -1.23. The number of hydrogen-bond acceptors (Lipinski definition) is 5. The number of nitrogens with one attached hydrogen (secondary N) is 3. The molecule has 0 heterocycles.